The van der Waals surface area contributed by atoms with Gasteiger partial charge in [-0.15, -0.1) is 0 Å². The number of amides is 1. The van der Waals surface area contributed by atoms with Crippen molar-refractivity contribution >= 4 is 80.1 Å². The van der Waals surface area contributed by atoms with Crippen LogP contribution >= 0.6 is 56.9 Å². The Bertz CT molecular complexity index is 799. The van der Waals surface area contributed by atoms with Crippen LogP contribution in [0.3, 0.4) is 0 Å². The van der Waals surface area contributed by atoms with Crippen LogP contribution in [0.25, 0.3) is 6.08 Å². The van der Waals surface area contributed by atoms with Gasteiger partial charge in [-0.2, -0.15) is 0 Å². The Kier molecular flexibility index (Phi) is 7.98. The average Bonchev–Trinajstić information content (AvgIpc) is 2.81. The molecular weight excluding hydrogens is 594 g/mol. The van der Waals surface area contributed by atoms with E-state index >= 15 is 0 Å². The smallest absolute Gasteiger partial charge is 0.341 e. The molecule has 1 aromatic carbocycles. The fourth-order valence-electron chi connectivity index (χ4n) is 2.34. The molecule has 146 valence electrons. The van der Waals surface area contributed by atoms with E-state index < -0.39 is 5.97 Å². The van der Waals surface area contributed by atoms with E-state index in [1.807, 2.05) is 45.9 Å². The lowest BCUT2D eigenvalue weighted by atomic mass is 10.2. The van der Waals surface area contributed by atoms with E-state index in [0.29, 0.717) is 10.7 Å². The number of aliphatic carboxylic acids is 1. The quantitative estimate of drug-likeness (QED) is 0.379. The van der Waals surface area contributed by atoms with Crippen LogP contribution in [0.4, 0.5) is 0 Å². The monoisotopic (exact) mass is 614 g/mol. The number of carboxylic acid groups (broad SMARTS) is 1. The molecule has 2 rings (SSSR count). The molecule has 0 aliphatic carbocycles. The van der Waals surface area contributed by atoms with E-state index in [9.17, 15) is 9.59 Å². The number of nitrogens with zero attached hydrogens (tertiary/aromatic N) is 2. The number of carbonyl (C=O) groups excluding carboxylic acids is 1. The zero-order chi connectivity index (χ0) is 20.3. The minimum Gasteiger partial charge on any atom is -0.480 e. The maximum atomic E-state index is 12.8. The summed E-state index contributed by atoms with van der Waals surface area (Å²) in [6.45, 7) is 7.52. The fraction of sp³-hybridized carbons (Fsp3) is 0.389. The highest BCUT2D eigenvalue weighted by Crippen LogP contribution is 2.36. The van der Waals surface area contributed by atoms with Crippen LogP contribution in [-0.2, 0) is 9.59 Å². The Morgan fingerprint density at radius 2 is 1.89 bits per heavy atom. The number of hydrogen-bond acceptors (Lipinski definition) is 5. The molecule has 0 spiro atoms. The summed E-state index contributed by atoms with van der Waals surface area (Å²) in [5.74, 6) is -0.533. The van der Waals surface area contributed by atoms with E-state index in [4.69, 9.17) is 9.84 Å². The van der Waals surface area contributed by atoms with Crippen molar-refractivity contribution in [1.82, 2.24) is 4.90 Å². The highest BCUT2D eigenvalue weighted by Gasteiger charge is 2.35. The van der Waals surface area contributed by atoms with Crippen LogP contribution in [-0.4, -0.2) is 45.7 Å². The normalized spacial score (nSPS) is 17.6. The lowest BCUT2D eigenvalue weighted by Crippen LogP contribution is -2.35. The highest BCUT2D eigenvalue weighted by molar-refractivity contribution is 14.1. The van der Waals surface area contributed by atoms with Gasteiger partial charge < -0.3 is 9.84 Å². The molecule has 0 radical (unpaired) electrons. The van der Waals surface area contributed by atoms with Crippen molar-refractivity contribution in [2.24, 2.45) is 4.99 Å². The van der Waals surface area contributed by atoms with E-state index in [-0.39, 0.29) is 24.6 Å². The molecule has 6 nitrogen and oxygen atoms in total. The highest BCUT2D eigenvalue weighted by atomic mass is 127. The molecule has 1 aliphatic rings. The number of carboxylic acids is 1. The minimum absolute atomic E-state index is 0.0282. The first kappa shape index (κ1) is 22.5. The predicted molar refractivity (Wildman–Crippen MR) is 125 cm³/mol. The van der Waals surface area contributed by atoms with Gasteiger partial charge in [0.25, 0.3) is 5.91 Å². The van der Waals surface area contributed by atoms with Crippen molar-refractivity contribution in [3.63, 3.8) is 0 Å². The van der Waals surface area contributed by atoms with Crippen LogP contribution in [0, 0.1) is 7.14 Å². The van der Waals surface area contributed by atoms with Gasteiger partial charge in [-0.3, -0.25) is 14.7 Å². The lowest BCUT2D eigenvalue weighted by Gasteiger charge is -2.20. The lowest BCUT2D eigenvalue weighted by molar-refractivity contribution is -0.139. The maximum Gasteiger partial charge on any atom is 0.341 e. The molecule has 1 fully saturated rings. The van der Waals surface area contributed by atoms with Gasteiger partial charge in [-0.05, 0) is 108 Å². The zero-order valence-electron chi connectivity index (χ0n) is 15.3. The van der Waals surface area contributed by atoms with Crippen molar-refractivity contribution in [2.75, 3.05) is 6.61 Å². The van der Waals surface area contributed by atoms with Crippen LogP contribution in [0.5, 0.6) is 5.75 Å². The summed E-state index contributed by atoms with van der Waals surface area (Å²) in [5, 5.41) is 9.52. The SMILES string of the molecule is CC(C)N=C1S/C(=C/c2cc(I)c(OCC(=O)O)c(I)c2)C(=O)N1C(C)C. The van der Waals surface area contributed by atoms with Crippen LogP contribution in [0.2, 0.25) is 0 Å². The van der Waals surface area contributed by atoms with E-state index in [0.717, 1.165) is 17.9 Å². The number of rotatable bonds is 6. The molecule has 0 atom stereocenters. The number of ether oxygens (including phenoxy) is 1. The van der Waals surface area contributed by atoms with Crippen molar-refractivity contribution in [3.8, 4) is 5.75 Å². The standard InChI is InChI=1S/C18H20I2N2O4S/c1-9(2)21-18-22(10(3)4)17(25)14(27-18)7-11-5-12(19)16(13(20)6-11)26-8-15(23)24/h5-7,9-10H,8H2,1-4H3,(H,23,24)/b14-7+,21-18?. The van der Waals surface area contributed by atoms with E-state index in [1.54, 1.807) is 4.90 Å². The van der Waals surface area contributed by atoms with Crippen molar-refractivity contribution < 1.29 is 19.4 Å². The Balaban J connectivity index is 2.35. The number of benzene rings is 1. The minimum atomic E-state index is -1.02. The topological polar surface area (TPSA) is 79.2 Å². The molecule has 0 saturated carbocycles. The number of carbonyl (C=O) groups is 2. The molecule has 1 saturated heterocycles. The number of thioether (sulfide) groups is 1. The summed E-state index contributed by atoms with van der Waals surface area (Å²) >= 11 is 5.60. The molecule has 0 bridgehead atoms. The van der Waals surface area contributed by atoms with Gasteiger partial charge in [0.15, 0.2) is 11.8 Å². The van der Waals surface area contributed by atoms with E-state index in [1.165, 1.54) is 11.8 Å². The summed E-state index contributed by atoms with van der Waals surface area (Å²) in [6.07, 6.45) is 1.84. The molecule has 1 N–H and O–H groups in total. The van der Waals surface area contributed by atoms with Crippen LogP contribution in [0.15, 0.2) is 22.0 Å². The van der Waals surface area contributed by atoms with Crippen molar-refractivity contribution in [2.45, 2.75) is 39.8 Å². The van der Waals surface area contributed by atoms with Gasteiger partial charge in [0.05, 0.1) is 12.0 Å². The Morgan fingerprint density at radius 3 is 2.37 bits per heavy atom. The van der Waals surface area contributed by atoms with Crippen molar-refractivity contribution in [3.05, 3.63) is 29.7 Å². The average molecular weight is 614 g/mol. The summed E-state index contributed by atoms with van der Waals surface area (Å²) in [5.41, 5.74) is 0.858. The van der Waals surface area contributed by atoms with Gasteiger partial charge in [-0.25, -0.2) is 4.79 Å². The second-order valence-electron chi connectivity index (χ2n) is 6.38. The number of amidine groups is 1. The largest absolute Gasteiger partial charge is 0.480 e. The van der Waals surface area contributed by atoms with Crippen LogP contribution in [0.1, 0.15) is 33.3 Å². The van der Waals surface area contributed by atoms with Gasteiger partial charge >= 0.3 is 5.97 Å². The third kappa shape index (κ3) is 5.83. The Morgan fingerprint density at radius 1 is 1.30 bits per heavy atom. The second kappa shape index (κ2) is 9.59. The fourth-order valence-corrected chi connectivity index (χ4v) is 5.70. The van der Waals surface area contributed by atoms with E-state index in [2.05, 4.69) is 50.2 Å². The summed E-state index contributed by atoms with van der Waals surface area (Å²) in [6, 6.07) is 3.88. The third-order valence-electron chi connectivity index (χ3n) is 3.38. The molecule has 1 amide bonds. The number of hydrogen-bond donors (Lipinski definition) is 1. The molecule has 9 heteroatoms. The molecule has 1 aliphatic heterocycles. The summed E-state index contributed by atoms with van der Waals surface area (Å²) in [7, 11) is 0. The van der Waals surface area contributed by atoms with Gasteiger partial charge in [0, 0.05) is 12.1 Å². The first-order chi connectivity index (χ1) is 12.6. The van der Waals surface area contributed by atoms with Crippen molar-refractivity contribution in [1.29, 1.82) is 0 Å². The zero-order valence-corrected chi connectivity index (χ0v) is 20.5. The molecule has 0 unspecified atom stereocenters. The molecule has 1 heterocycles. The van der Waals surface area contributed by atoms with Gasteiger partial charge in [-0.1, -0.05) is 0 Å². The maximum absolute atomic E-state index is 12.8. The van der Waals surface area contributed by atoms with Crippen LogP contribution < -0.4 is 4.74 Å². The Labute approximate surface area is 190 Å². The first-order valence-electron chi connectivity index (χ1n) is 8.24. The first-order valence-corrected chi connectivity index (χ1v) is 11.2. The van der Waals surface area contributed by atoms with Gasteiger partial charge in [0.1, 0.15) is 5.75 Å². The molecule has 27 heavy (non-hydrogen) atoms. The molecular formula is C18H20I2N2O4S. The summed E-state index contributed by atoms with van der Waals surface area (Å²) < 4.78 is 6.93. The number of aliphatic imine (C=N–C) groups is 1. The third-order valence-corrected chi connectivity index (χ3v) is 5.98. The second-order valence-corrected chi connectivity index (χ2v) is 9.71. The molecule has 1 aromatic rings. The number of halogens is 2. The molecule has 0 aromatic heterocycles. The predicted octanol–water partition coefficient (Wildman–Crippen LogP) is 4.45. The summed E-state index contributed by atoms with van der Waals surface area (Å²) in [4.78, 5) is 30.5. The van der Waals surface area contributed by atoms with Gasteiger partial charge in [0.2, 0.25) is 0 Å². The Hall–Kier alpha value is -0.820.